The van der Waals surface area contributed by atoms with Crippen molar-refractivity contribution in [3.05, 3.63) is 53.2 Å². The van der Waals surface area contributed by atoms with E-state index in [1.54, 1.807) is 0 Å². The van der Waals surface area contributed by atoms with Gasteiger partial charge in [0, 0.05) is 21.7 Å². The first-order chi connectivity index (χ1) is 12.7. The molecular formula is C18H12ClN5O2. The highest BCUT2D eigenvalue weighted by Gasteiger charge is 2.21. The number of tetrazole rings is 1. The Labute approximate surface area is 153 Å². The molecule has 8 heteroatoms. The van der Waals surface area contributed by atoms with Gasteiger partial charge < -0.3 is 9.47 Å². The van der Waals surface area contributed by atoms with E-state index in [-0.39, 0.29) is 6.79 Å². The molecule has 0 radical (unpaired) electrons. The maximum absolute atomic E-state index is 6.25. The summed E-state index contributed by atoms with van der Waals surface area (Å²) in [6.45, 7) is 2.20. The molecular weight excluding hydrogens is 354 g/mol. The van der Waals surface area contributed by atoms with Crippen molar-refractivity contribution in [3.63, 3.8) is 0 Å². The van der Waals surface area contributed by atoms with E-state index in [0.29, 0.717) is 16.7 Å². The molecule has 5 rings (SSSR count). The van der Waals surface area contributed by atoms with Gasteiger partial charge in [-0.3, -0.25) is 4.57 Å². The molecule has 0 atom stereocenters. The monoisotopic (exact) mass is 365 g/mol. The van der Waals surface area contributed by atoms with Crippen LogP contribution >= 0.6 is 11.6 Å². The van der Waals surface area contributed by atoms with Crippen LogP contribution < -0.4 is 19.1 Å². The zero-order valence-corrected chi connectivity index (χ0v) is 14.4. The lowest BCUT2D eigenvalue weighted by Gasteiger charge is -2.18. The maximum atomic E-state index is 6.25. The van der Waals surface area contributed by atoms with Gasteiger partial charge in [0.05, 0.1) is 5.69 Å². The van der Waals surface area contributed by atoms with Crippen molar-refractivity contribution in [2.24, 2.45) is 0 Å². The third-order valence-electron chi connectivity index (χ3n) is 4.35. The van der Waals surface area contributed by atoms with Gasteiger partial charge in [-0.25, -0.2) is 0 Å². The lowest BCUT2D eigenvalue weighted by atomic mass is 10.0. The minimum Gasteiger partial charge on any atom is -0.454 e. The van der Waals surface area contributed by atoms with Gasteiger partial charge in [-0.05, 0) is 53.1 Å². The van der Waals surface area contributed by atoms with Crippen molar-refractivity contribution in [1.29, 1.82) is 0 Å². The molecule has 1 aliphatic heterocycles. The van der Waals surface area contributed by atoms with E-state index in [2.05, 4.69) is 20.6 Å². The summed E-state index contributed by atoms with van der Waals surface area (Å²) in [6, 6.07) is 13.6. The van der Waals surface area contributed by atoms with Crippen molar-refractivity contribution >= 4 is 22.4 Å². The van der Waals surface area contributed by atoms with Crippen LogP contribution in [0.1, 0.15) is 5.69 Å². The smallest absolute Gasteiger partial charge is 0.277 e. The number of fused-ring (bicyclic) bond motifs is 2. The Morgan fingerprint density at radius 2 is 1.96 bits per heavy atom. The number of ether oxygens (including phenoxy) is 2. The number of nitrogens with zero attached hydrogens (tertiary/aromatic N) is 5. The molecule has 0 saturated heterocycles. The quantitative estimate of drug-likeness (QED) is 0.508. The molecule has 0 bridgehead atoms. The van der Waals surface area contributed by atoms with Crippen LogP contribution in [0.3, 0.4) is 0 Å². The number of hydrogen-bond donors (Lipinski definition) is 0. The van der Waals surface area contributed by atoms with Crippen LogP contribution in [0.15, 0.2) is 42.5 Å². The van der Waals surface area contributed by atoms with Gasteiger partial charge in [0.2, 0.25) is 6.79 Å². The van der Waals surface area contributed by atoms with E-state index in [1.165, 1.54) is 0 Å². The fourth-order valence-electron chi connectivity index (χ4n) is 3.28. The van der Waals surface area contributed by atoms with Crippen molar-refractivity contribution in [2.75, 3.05) is 6.79 Å². The van der Waals surface area contributed by atoms with E-state index in [9.17, 15) is 0 Å². The summed E-state index contributed by atoms with van der Waals surface area (Å²) in [6.07, 6.45) is 0. The molecule has 1 aliphatic rings. The summed E-state index contributed by atoms with van der Waals surface area (Å²) in [4.78, 5) is 0. The van der Waals surface area contributed by atoms with Crippen LogP contribution in [0.5, 0.6) is 11.5 Å². The Morgan fingerprint density at radius 3 is 2.73 bits per heavy atom. The molecule has 3 heterocycles. The van der Waals surface area contributed by atoms with E-state index >= 15 is 0 Å². The standard InChI is InChI=1S/C18H12ClN5O2/c1-10-5-12-7-15-16(26-9-25-15)8-14(12)17(11-3-2-4-13(19)6-11)24(10)18-20-22-23-21-18/h2-8H,9H2,1H3. The van der Waals surface area contributed by atoms with Gasteiger partial charge in [-0.1, -0.05) is 33.9 Å². The minimum atomic E-state index is 0.219. The number of rotatable bonds is 2. The highest BCUT2D eigenvalue weighted by molar-refractivity contribution is 6.30. The molecule has 26 heavy (non-hydrogen) atoms. The fraction of sp³-hybridized carbons (Fsp3) is 0.111. The average Bonchev–Trinajstić information content (AvgIpc) is 3.30. The molecule has 0 fully saturated rings. The third-order valence-corrected chi connectivity index (χ3v) is 4.58. The number of halogens is 1. The second kappa shape index (κ2) is 5.67. The van der Waals surface area contributed by atoms with Crippen LogP contribution in [0, 0.1) is 6.92 Å². The first kappa shape index (κ1) is 15.1. The summed E-state index contributed by atoms with van der Waals surface area (Å²) in [5.74, 6) is 1.84. The number of benzene rings is 2. The van der Waals surface area contributed by atoms with Crippen LogP contribution in [-0.4, -0.2) is 22.3 Å². The summed E-state index contributed by atoms with van der Waals surface area (Å²) < 4.78 is 13.0. The van der Waals surface area contributed by atoms with Crippen molar-refractivity contribution in [1.82, 2.24) is 20.6 Å². The summed E-state index contributed by atoms with van der Waals surface area (Å²) in [5, 5.41) is 18.0. The zero-order valence-electron chi connectivity index (χ0n) is 13.7. The van der Waals surface area contributed by atoms with Crippen LogP contribution in [0.4, 0.5) is 0 Å². The lowest BCUT2D eigenvalue weighted by molar-refractivity contribution is -0.598. The molecule has 0 spiro atoms. The molecule has 2 aromatic heterocycles. The Balaban J connectivity index is 1.92. The molecule has 7 nitrogen and oxygen atoms in total. The van der Waals surface area contributed by atoms with Gasteiger partial charge in [0.25, 0.3) is 5.95 Å². The molecule has 128 valence electrons. The normalized spacial score (nSPS) is 12.7. The third kappa shape index (κ3) is 2.28. The molecule has 0 N–H and O–H groups in total. The first-order valence-electron chi connectivity index (χ1n) is 7.95. The van der Waals surface area contributed by atoms with Crippen LogP contribution in [0.2, 0.25) is 5.02 Å². The van der Waals surface area contributed by atoms with Gasteiger partial charge in [-0.15, -0.1) is 0 Å². The summed E-state index contributed by atoms with van der Waals surface area (Å²) >= 11 is 6.25. The molecule has 0 aliphatic carbocycles. The number of hydrogen-bond acceptors (Lipinski definition) is 5. The van der Waals surface area contributed by atoms with E-state index in [4.69, 9.17) is 21.1 Å². The Hall–Kier alpha value is -3.19. The summed E-state index contributed by atoms with van der Waals surface area (Å²) in [7, 11) is 0. The molecule has 0 amide bonds. The zero-order chi connectivity index (χ0) is 17.7. The van der Waals surface area contributed by atoms with Crippen molar-refractivity contribution in [3.8, 4) is 28.7 Å². The van der Waals surface area contributed by atoms with E-state index in [1.807, 2.05) is 54.0 Å². The highest BCUT2D eigenvalue weighted by Crippen LogP contribution is 2.39. The van der Waals surface area contributed by atoms with Gasteiger partial charge >= 0.3 is 0 Å². The number of aromatic nitrogens is 5. The van der Waals surface area contributed by atoms with Crippen LogP contribution in [-0.2, 0) is 0 Å². The highest BCUT2D eigenvalue weighted by atomic mass is 35.5. The second-order valence-electron chi connectivity index (χ2n) is 5.95. The molecule has 0 unspecified atom stereocenters. The maximum Gasteiger partial charge on any atom is 0.277 e. The first-order valence-corrected chi connectivity index (χ1v) is 8.32. The van der Waals surface area contributed by atoms with E-state index < -0.39 is 0 Å². The topological polar surface area (TPSA) is 75.1 Å². The predicted molar refractivity (Wildman–Crippen MR) is 93.5 cm³/mol. The van der Waals surface area contributed by atoms with Gasteiger partial charge in [0.15, 0.2) is 11.5 Å². The van der Waals surface area contributed by atoms with Crippen molar-refractivity contribution in [2.45, 2.75) is 6.92 Å². The number of pyridine rings is 1. The minimum absolute atomic E-state index is 0.219. The van der Waals surface area contributed by atoms with Gasteiger partial charge in [-0.2, -0.15) is 0 Å². The Kier molecular flexibility index (Phi) is 3.29. The molecule has 0 saturated carbocycles. The molecule has 2 aromatic carbocycles. The Morgan fingerprint density at radius 1 is 1.12 bits per heavy atom. The average molecular weight is 366 g/mol. The summed E-state index contributed by atoms with van der Waals surface area (Å²) in [5.41, 5.74) is 2.74. The number of aryl methyl sites for hydroxylation is 1. The largest absolute Gasteiger partial charge is 0.454 e. The van der Waals surface area contributed by atoms with Crippen molar-refractivity contribution < 1.29 is 14.0 Å². The van der Waals surface area contributed by atoms with Crippen LogP contribution in [0.25, 0.3) is 28.0 Å². The van der Waals surface area contributed by atoms with E-state index in [0.717, 1.165) is 33.5 Å². The SMILES string of the molecule is Cc1cc2cc3c(cc2c(-c2cccc(Cl)c2)[n+]1-c1nnn[n-]1)OCO3. The molecule has 4 aromatic rings. The lowest BCUT2D eigenvalue weighted by Crippen LogP contribution is -2.39. The van der Waals surface area contributed by atoms with Gasteiger partial charge in [0.1, 0.15) is 0 Å². The predicted octanol–water partition coefficient (Wildman–Crippen LogP) is 2.62. The fourth-order valence-corrected chi connectivity index (χ4v) is 3.47. The second-order valence-corrected chi connectivity index (χ2v) is 6.39. The Bertz CT molecular complexity index is 1140.